The number of aromatic nitrogens is 2. The van der Waals surface area contributed by atoms with Gasteiger partial charge in [0, 0.05) is 26.2 Å². The lowest BCUT2D eigenvalue weighted by Crippen LogP contribution is -2.55. The van der Waals surface area contributed by atoms with Gasteiger partial charge in [-0.05, 0) is 17.5 Å². The van der Waals surface area contributed by atoms with Crippen molar-refractivity contribution in [3.05, 3.63) is 34.7 Å². The summed E-state index contributed by atoms with van der Waals surface area (Å²) in [5.74, 6) is -2.07. The van der Waals surface area contributed by atoms with E-state index in [1.807, 2.05) is 0 Å². The number of amides is 1. The molecule has 1 atom stereocenters. The maximum absolute atomic E-state index is 13.1. The van der Waals surface area contributed by atoms with Crippen LogP contribution < -0.4 is 11.0 Å². The second-order valence-corrected chi connectivity index (χ2v) is 8.82. The Balaban J connectivity index is 1.93. The predicted molar refractivity (Wildman–Crippen MR) is 112 cm³/mol. The molecule has 3 rings (SSSR count). The zero-order chi connectivity index (χ0) is 23.7. The van der Waals surface area contributed by atoms with Gasteiger partial charge in [-0.15, -0.1) is 0 Å². The number of ether oxygens (including phenoxy) is 1. The van der Waals surface area contributed by atoms with Crippen LogP contribution in [0.3, 0.4) is 0 Å². The summed E-state index contributed by atoms with van der Waals surface area (Å²) in [6.07, 6.45) is -5.12. The van der Waals surface area contributed by atoms with Gasteiger partial charge in [0.2, 0.25) is 0 Å². The summed E-state index contributed by atoms with van der Waals surface area (Å²) < 4.78 is 46.8. The first kappa shape index (κ1) is 24.0. The Bertz CT molecular complexity index is 1050. The largest absolute Gasteiger partial charge is 0.452 e. The van der Waals surface area contributed by atoms with Crippen LogP contribution in [0.2, 0.25) is 0 Å². The molecule has 8 nitrogen and oxygen atoms in total. The molecule has 1 aromatic carbocycles. The Labute approximate surface area is 182 Å². The van der Waals surface area contributed by atoms with Gasteiger partial charge in [0.05, 0.1) is 24.2 Å². The van der Waals surface area contributed by atoms with Crippen molar-refractivity contribution < 1.29 is 27.5 Å². The number of carbonyl (C=O) groups excluding carboxylic acids is 2. The van der Waals surface area contributed by atoms with Crippen LogP contribution in [-0.2, 0) is 16.1 Å². The third kappa shape index (κ3) is 5.04. The SMILES string of the molecule is CC(C)(C)C(NC(=O)n1c(=O)n(CCN2CCOCC2)c2ccccc21)C(=O)C(F)(F)F. The number of Topliss-reactive ketones (excluding diaryl/α,β-unsaturated/α-hetero) is 1. The van der Waals surface area contributed by atoms with Gasteiger partial charge in [0.25, 0.3) is 5.78 Å². The minimum Gasteiger partial charge on any atom is -0.379 e. The third-order valence-electron chi connectivity index (χ3n) is 5.46. The van der Waals surface area contributed by atoms with Gasteiger partial charge in [0.15, 0.2) is 0 Å². The number of morpholine rings is 1. The summed E-state index contributed by atoms with van der Waals surface area (Å²) in [5, 5.41) is 2.15. The van der Waals surface area contributed by atoms with Crippen LogP contribution in [0.4, 0.5) is 18.0 Å². The van der Waals surface area contributed by atoms with E-state index in [0.717, 1.165) is 17.7 Å². The van der Waals surface area contributed by atoms with Crippen molar-refractivity contribution in [3.8, 4) is 0 Å². The molecule has 1 saturated heterocycles. The number of rotatable bonds is 5. The van der Waals surface area contributed by atoms with E-state index in [1.165, 1.54) is 25.3 Å². The number of ketones is 1. The van der Waals surface area contributed by atoms with Gasteiger partial charge in [-0.2, -0.15) is 13.2 Å². The van der Waals surface area contributed by atoms with Crippen molar-refractivity contribution >= 4 is 22.8 Å². The van der Waals surface area contributed by atoms with E-state index in [1.54, 1.807) is 24.3 Å². The first-order valence-electron chi connectivity index (χ1n) is 10.3. The van der Waals surface area contributed by atoms with Crippen LogP contribution in [0.25, 0.3) is 11.0 Å². The fraction of sp³-hybridized carbons (Fsp3) is 0.571. The van der Waals surface area contributed by atoms with Crippen molar-refractivity contribution in [2.75, 3.05) is 32.8 Å². The fourth-order valence-electron chi connectivity index (χ4n) is 3.71. The van der Waals surface area contributed by atoms with Crippen molar-refractivity contribution in [1.29, 1.82) is 0 Å². The summed E-state index contributed by atoms with van der Waals surface area (Å²) in [7, 11) is 0. The number of fused-ring (bicyclic) bond motifs is 1. The number of nitrogens with one attached hydrogen (secondary N) is 1. The summed E-state index contributed by atoms with van der Waals surface area (Å²) in [6.45, 7) is 7.73. The van der Waals surface area contributed by atoms with Gasteiger partial charge in [-0.3, -0.25) is 14.3 Å². The molecule has 1 aliphatic rings. The van der Waals surface area contributed by atoms with E-state index in [9.17, 15) is 27.6 Å². The quantitative estimate of drug-likeness (QED) is 0.746. The number of alkyl halides is 3. The first-order valence-corrected chi connectivity index (χ1v) is 10.3. The second-order valence-electron chi connectivity index (χ2n) is 8.82. The van der Waals surface area contributed by atoms with Crippen molar-refractivity contribution in [1.82, 2.24) is 19.4 Å². The lowest BCUT2D eigenvalue weighted by molar-refractivity contribution is -0.175. The lowest BCUT2D eigenvalue weighted by atomic mass is 9.84. The Morgan fingerprint density at radius 2 is 1.66 bits per heavy atom. The highest BCUT2D eigenvalue weighted by molar-refractivity contribution is 5.95. The number of nitrogens with zero attached hydrogens (tertiary/aromatic N) is 3. The average Bonchev–Trinajstić information content (AvgIpc) is 3.00. The zero-order valence-corrected chi connectivity index (χ0v) is 18.2. The van der Waals surface area contributed by atoms with Crippen LogP contribution in [0.5, 0.6) is 0 Å². The van der Waals surface area contributed by atoms with Gasteiger partial charge in [-0.25, -0.2) is 14.2 Å². The number of hydrogen-bond donors (Lipinski definition) is 1. The van der Waals surface area contributed by atoms with Crippen LogP contribution >= 0.6 is 0 Å². The minimum atomic E-state index is -5.12. The van der Waals surface area contributed by atoms with E-state index in [-0.39, 0.29) is 5.52 Å². The van der Waals surface area contributed by atoms with Gasteiger partial charge < -0.3 is 10.1 Å². The lowest BCUT2D eigenvalue weighted by Gasteiger charge is -2.30. The van der Waals surface area contributed by atoms with E-state index in [4.69, 9.17) is 4.74 Å². The normalized spacial score (nSPS) is 16.8. The summed E-state index contributed by atoms with van der Waals surface area (Å²) in [6, 6.07) is 3.62. The van der Waals surface area contributed by atoms with Crippen LogP contribution in [0.15, 0.2) is 29.1 Å². The number of benzene rings is 1. The molecule has 0 spiro atoms. The molecule has 1 amide bonds. The molecule has 1 aromatic heterocycles. The fourth-order valence-corrected chi connectivity index (χ4v) is 3.71. The number of hydrogen-bond acceptors (Lipinski definition) is 5. The Morgan fingerprint density at radius 3 is 2.22 bits per heavy atom. The highest BCUT2D eigenvalue weighted by atomic mass is 19.4. The Morgan fingerprint density at radius 1 is 1.06 bits per heavy atom. The van der Waals surface area contributed by atoms with Crippen LogP contribution in [0, 0.1) is 5.41 Å². The number of para-hydroxylation sites is 2. The van der Waals surface area contributed by atoms with Crippen molar-refractivity contribution in [2.24, 2.45) is 5.41 Å². The predicted octanol–water partition coefficient (Wildman–Crippen LogP) is 2.24. The molecule has 1 aliphatic heterocycles. The van der Waals surface area contributed by atoms with Crippen LogP contribution in [0.1, 0.15) is 20.8 Å². The molecule has 1 fully saturated rings. The molecule has 11 heteroatoms. The van der Waals surface area contributed by atoms with E-state index in [0.29, 0.717) is 31.8 Å². The van der Waals surface area contributed by atoms with Crippen molar-refractivity contribution in [3.63, 3.8) is 0 Å². The van der Waals surface area contributed by atoms with Gasteiger partial charge in [-0.1, -0.05) is 32.9 Å². The summed E-state index contributed by atoms with van der Waals surface area (Å²) in [5.41, 5.74) is -1.16. The van der Waals surface area contributed by atoms with Crippen molar-refractivity contribution in [2.45, 2.75) is 39.5 Å². The molecule has 0 bridgehead atoms. The molecule has 1 unspecified atom stereocenters. The standard InChI is InChI=1S/C21H27F3N4O4/c1-20(2,3)16(17(29)21(22,23)24)25-18(30)28-15-7-5-4-6-14(15)27(19(28)31)9-8-26-10-12-32-13-11-26/h4-7,16H,8-13H2,1-3H3,(H,25,30). The maximum atomic E-state index is 13.1. The molecule has 0 aliphatic carbocycles. The smallest absolute Gasteiger partial charge is 0.379 e. The zero-order valence-electron chi connectivity index (χ0n) is 18.2. The molecular weight excluding hydrogens is 429 g/mol. The van der Waals surface area contributed by atoms with E-state index < -0.39 is 35.1 Å². The number of halogens is 3. The molecule has 176 valence electrons. The number of carbonyl (C=O) groups is 2. The topological polar surface area (TPSA) is 85.6 Å². The summed E-state index contributed by atoms with van der Waals surface area (Å²) in [4.78, 5) is 40.2. The number of imidazole rings is 1. The molecule has 32 heavy (non-hydrogen) atoms. The highest BCUT2D eigenvalue weighted by Gasteiger charge is 2.48. The second kappa shape index (κ2) is 9.07. The molecule has 0 saturated carbocycles. The van der Waals surface area contributed by atoms with E-state index in [2.05, 4.69) is 10.2 Å². The Hall–Kier alpha value is -2.66. The van der Waals surface area contributed by atoms with E-state index >= 15 is 0 Å². The molecule has 1 N–H and O–H groups in total. The molecule has 2 heterocycles. The maximum Gasteiger partial charge on any atom is 0.452 e. The molecular formula is C21H27F3N4O4. The van der Waals surface area contributed by atoms with Crippen LogP contribution in [-0.4, -0.2) is 70.9 Å². The first-order chi connectivity index (χ1) is 14.9. The highest BCUT2D eigenvalue weighted by Crippen LogP contribution is 2.28. The third-order valence-corrected chi connectivity index (χ3v) is 5.46. The minimum absolute atomic E-state index is 0.254. The molecule has 2 aromatic rings. The van der Waals surface area contributed by atoms with Gasteiger partial charge >= 0.3 is 17.9 Å². The molecule has 0 radical (unpaired) electrons. The Kier molecular flexibility index (Phi) is 6.80. The summed E-state index contributed by atoms with van der Waals surface area (Å²) >= 11 is 0. The average molecular weight is 456 g/mol. The monoisotopic (exact) mass is 456 g/mol. The van der Waals surface area contributed by atoms with Gasteiger partial charge in [0.1, 0.15) is 6.04 Å².